The molecule has 0 unspecified atom stereocenters. The predicted octanol–water partition coefficient (Wildman–Crippen LogP) is 2.98. The van der Waals surface area contributed by atoms with Crippen molar-refractivity contribution in [1.29, 1.82) is 0 Å². The Hall–Kier alpha value is -1.82. The van der Waals surface area contributed by atoms with E-state index in [-0.39, 0.29) is 10.6 Å². The molecule has 1 aromatic carbocycles. The second kappa shape index (κ2) is 6.74. The third-order valence-corrected chi connectivity index (χ3v) is 5.19. The number of nitro groups is 1. The minimum absolute atomic E-state index is 0.0401. The summed E-state index contributed by atoms with van der Waals surface area (Å²) in [6.45, 7) is 6.02. The number of hydrogen-bond donors (Lipinski definition) is 0. The van der Waals surface area contributed by atoms with Gasteiger partial charge < -0.3 is 9.64 Å². The Kier molecular flexibility index (Phi) is 4.71. The van der Waals surface area contributed by atoms with Crippen molar-refractivity contribution < 1.29 is 9.66 Å². The van der Waals surface area contributed by atoms with Gasteiger partial charge in [0.2, 0.25) is 0 Å². The second-order valence-corrected chi connectivity index (χ2v) is 6.53. The molecule has 1 saturated heterocycles. The van der Waals surface area contributed by atoms with Crippen LogP contribution in [0.2, 0.25) is 0 Å². The number of aryl methyl sites for hydroxylation is 1. The van der Waals surface area contributed by atoms with Crippen LogP contribution in [0, 0.1) is 17.0 Å². The maximum atomic E-state index is 11.1. The number of hydrogen-bond acceptors (Lipinski definition) is 5. The Morgan fingerprint density at radius 3 is 2.39 bits per heavy atom. The number of methoxy groups -OCH3 is 1. The van der Waals surface area contributed by atoms with Gasteiger partial charge in [0.15, 0.2) is 5.75 Å². The van der Waals surface area contributed by atoms with E-state index in [9.17, 15) is 10.1 Å². The van der Waals surface area contributed by atoms with Crippen LogP contribution in [0.4, 0.5) is 11.4 Å². The van der Waals surface area contributed by atoms with E-state index in [1.165, 1.54) is 32.8 Å². The Bertz CT molecular complexity index is 577. The predicted molar refractivity (Wildman–Crippen MR) is 90.4 cm³/mol. The van der Waals surface area contributed by atoms with Crippen molar-refractivity contribution in [1.82, 2.24) is 4.90 Å². The molecule has 1 aliphatic carbocycles. The normalized spacial score (nSPS) is 20.0. The van der Waals surface area contributed by atoms with Crippen LogP contribution in [0.15, 0.2) is 12.1 Å². The van der Waals surface area contributed by atoms with Crippen LogP contribution in [0.3, 0.4) is 0 Å². The molecule has 0 bridgehead atoms. The first kappa shape index (κ1) is 16.1. The van der Waals surface area contributed by atoms with E-state index in [0.29, 0.717) is 5.75 Å². The lowest BCUT2D eigenvalue weighted by atomic mass is 10.1. The quantitative estimate of drug-likeness (QED) is 0.631. The molecule has 0 radical (unpaired) electrons. The largest absolute Gasteiger partial charge is 0.490 e. The maximum Gasteiger partial charge on any atom is 0.311 e. The first-order valence-electron chi connectivity index (χ1n) is 8.42. The van der Waals surface area contributed by atoms with Gasteiger partial charge in [-0.15, -0.1) is 0 Å². The van der Waals surface area contributed by atoms with Gasteiger partial charge in [0.1, 0.15) is 0 Å². The zero-order chi connectivity index (χ0) is 16.4. The fourth-order valence-corrected chi connectivity index (χ4v) is 3.91. The molecule has 2 aliphatic rings. The summed E-state index contributed by atoms with van der Waals surface area (Å²) in [6, 6.07) is 4.21. The topological polar surface area (TPSA) is 58.8 Å². The standard InChI is InChI=1S/C17H25N3O3/c1-13-11-16(20(21)22)17(23-2)12-15(13)19-9-7-18(8-10-19)14-5-3-4-6-14/h11-12,14H,3-10H2,1-2H3. The molecular weight excluding hydrogens is 294 g/mol. The van der Waals surface area contributed by atoms with Gasteiger partial charge in [-0.1, -0.05) is 12.8 Å². The smallest absolute Gasteiger partial charge is 0.311 e. The van der Waals surface area contributed by atoms with Gasteiger partial charge in [-0.25, -0.2) is 0 Å². The van der Waals surface area contributed by atoms with Crippen LogP contribution < -0.4 is 9.64 Å². The van der Waals surface area contributed by atoms with Gasteiger partial charge in [0, 0.05) is 50.0 Å². The van der Waals surface area contributed by atoms with Crippen molar-refractivity contribution in [2.75, 3.05) is 38.2 Å². The van der Waals surface area contributed by atoms with Gasteiger partial charge >= 0.3 is 5.69 Å². The lowest BCUT2D eigenvalue weighted by Gasteiger charge is -2.39. The van der Waals surface area contributed by atoms with E-state index >= 15 is 0 Å². The van der Waals surface area contributed by atoms with Gasteiger partial charge in [0.05, 0.1) is 12.0 Å². The molecule has 23 heavy (non-hydrogen) atoms. The number of ether oxygens (including phenoxy) is 1. The lowest BCUT2D eigenvalue weighted by Crippen LogP contribution is -2.49. The summed E-state index contributed by atoms with van der Waals surface area (Å²) in [5.74, 6) is 0.342. The molecule has 6 nitrogen and oxygen atoms in total. The van der Waals surface area contributed by atoms with E-state index in [2.05, 4.69) is 9.80 Å². The Labute approximate surface area is 137 Å². The average molecular weight is 319 g/mol. The number of anilines is 1. The van der Waals surface area contributed by atoms with Crippen molar-refractivity contribution >= 4 is 11.4 Å². The summed E-state index contributed by atoms with van der Waals surface area (Å²) in [5, 5.41) is 11.1. The summed E-state index contributed by atoms with van der Waals surface area (Å²) >= 11 is 0. The van der Waals surface area contributed by atoms with Gasteiger partial charge in [-0.2, -0.15) is 0 Å². The summed E-state index contributed by atoms with van der Waals surface area (Å²) in [7, 11) is 1.49. The molecule has 6 heteroatoms. The minimum atomic E-state index is -0.381. The summed E-state index contributed by atoms with van der Waals surface area (Å²) in [4.78, 5) is 15.7. The average Bonchev–Trinajstić information content (AvgIpc) is 3.09. The molecule has 0 amide bonds. The molecule has 1 heterocycles. The van der Waals surface area contributed by atoms with E-state index in [1.54, 1.807) is 6.07 Å². The number of nitro benzene ring substituents is 1. The highest BCUT2D eigenvalue weighted by molar-refractivity contribution is 5.64. The fraction of sp³-hybridized carbons (Fsp3) is 0.647. The van der Waals surface area contributed by atoms with Crippen molar-refractivity contribution in [3.8, 4) is 5.75 Å². The SMILES string of the molecule is COc1cc(N2CCN(C3CCCC3)CC2)c(C)cc1[N+](=O)[O-]. The van der Waals surface area contributed by atoms with Gasteiger partial charge in [0.25, 0.3) is 0 Å². The van der Waals surface area contributed by atoms with Crippen LogP contribution in [0.1, 0.15) is 31.2 Å². The zero-order valence-electron chi connectivity index (χ0n) is 14.0. The number of piperazine rings is 1. The molecule has 126 valence electrons. The summed E-state index contributed by atoms with van der Waals surface area (Å²) < 4.78 is 5.22. The first-order chi connectivity index (χ1) is 11.1. The van der Waals surface area contributed by atoms with Gasteiger partial charge in [-0.05, 0) is 25.3 Å². The van der Waals surface area contributed by atoms with Crippen LogP contribution >= 0.6 is 0 Å². The molecule has 3 rings (SSSR count). The zero-order valence-corrected chi connectivity index (χ0v) is 14.0. The molecule has 0 aromatic heterocycles. The minimum Gasteiger partial charge on any atom is -0.490 e. The van der Waals surface area contributed by atoms with Crippen molar-refractivity contribution in [3.05, 3.63) is 27.8 Å². The molecule has 1 aromatic rings. The van der Waals surface area contributed by atoms with Crippen molar-refractivity contribution in [3.63, 3.8) is 0 Å². The van der Waals surface area contributed by atoms with Crippen molar-refractivity contribution in [2.24, 2.45) is 0 Å². The maximum absolute atomic E-state index is 11.1. The summed E-state index contributed by atoms with van der Waals surface area (Å²) in [6.07, 6.45) is 5.40. The van der Waals surface area contributed by atoms with Crippen LogP contribution in [-0.4, -0.2) is 49.2 Å². The number of rotatable bonds is 4. The highest BCUT2D eigenvalue weighted by atomic mass is 16.6. The Morgan fingerprint density at radius 1 is 1.17 bits per heavy atom. The molecule has 0 atom stereocenters. The molecule has 1 aliphatic heterocycles. The second-order valence-electron chi connectivity index (χ2n) is 6.53. The highest BCUT2D eigenvalue weighted by Crippen LogP contribution is 2.35. The highest BCUT2D eigenvalue weighted by Gasteiger charge is 2.27. The molecular formula is C17H25N3O3. The van der Waals surface area contributed by atoms with Crippen LogP contribution in [-0.2, 0) is 0 Å². The molecule has 1 saturated carbocycles. The number of benzene rings is 1. The van der Waals surface area contributed by atoms with E-state index in [0.717, 1.165) is 43.5 Å². The third kappa shape index (κ3) is 3.27. The van der Waals surface area contributed by atoms with E-state index < -0.39 is 0 Å². The Balaban J connectivity index is 1.73. The van der Waals surface area contributed by atoms with Crippen molar-refractivity contribution in [2.45, 2.75) is 38.6 Å². The Morgan fingerprint density at radius 2 is 1.83 bits per heavy atom. The molecule has 0 spiro atoms. The monoisotopic (exact) mass is 319 g/mol. The van der Waals surface area contributed by atoms with E-state index in [1.807, 2.05) is 13.0 Å². The molecule has 0 N–H and O–H groups in total. The van der Waals surface area contributed by atoms with Gasteiger partial charge in [-0.3, -0.25) is 15.0 Å². The lowest BCUT2D eigenvalue weighted by molar-refractivity contribution is -0.385. The van der Waals surface area contributed by atoms with Crippen LogP contribution in [0.5, 0.6) is 5.75 Å². The summed E-state index contributed by atoms with van der Waals surface area (Å²) in [5.41, 5.74) is 2.03. The number of nitrogens with zero attached hydrogens (tertiary/aromatic N) is 3. The third-order valence-electron chi connectivity index (χ3n) is 5.19. The first-order valence-corrected chi connectivity index (χ1v) is 8.42. The molecule has 2 fully saturated rings. The van der Waals surface area contributed by atoms with E-state index in [4.69, 9.17) is 4.74 Å². The van der Waals surface area contributed by atoms with Crippen LogP contribution in [0.25, 0.3) is 0 Å². The fourth-order valence-electron chi connectivity index (χ4n) is 3.91.